The lowest BCUT2D eigenvalue weighted by atomic mass is 9.91. The molecule has 1 amide bonds. The molecule has 1 aliphatic rings. The molecule has 142 valence electrons. The van der Waals surface area contributed by atoms with E-state index in [0.29, 0.717) is 11.5 Å². The summed E-state index contributed by atoms with van der Waals surface area (Å²) in [4.78, 5) is 15.1. The first-order chi connectivity index (χ1) is 13.2. The van der Waals surface area contributed by atoms with Gasteiger partial charge in [-0.3, -0.25) is 4.79 Å². The van der Waals surface area contributed by atoms with Crippen LogP contribution in [0, 0.1) is 5.92 Å². The zero-order valence-corrected chi connectivity index (χ0v) is 16.0. The number of fused-ring (bicyclic) bond motifs is 1. The van der Waals surface area contributed by atoms with E-state index in [1.807, 2.05) is 41.0 Å². The predicted molar refractivity (Wildman–Crippen MR) is 104 cm³/mol. The Morgan fingerprint density at radius 1 is 1.33 bits per heavy atom. The van der Waals surface area contributed by atoms with Crippen LogP contribution in [-0.2, 0) is 13.5 Å². The van der Waals surface area contributed by atoms with Gasteiger partial charge in [0, 0.05) is 32.5 Å². The average Bonchev–Trinajstić information content (AvgIpc) is 3.29. The highest BCUT2D eigenvalue weighted by Crippen LogP contribution is 2.25. The first-order valence-corrected chi connectivity index (χ1v) is 9.56. The van der Waals surface area contributed by atoms with E-state index in [-0.39, 0.29) is 5.91 Å². The lowest BCUT2D eigenvalue weighted by Crippen LogP contribution is -2.40. The van der Waals surface area contributed by atoms with Crippen molar-refractivity contribution in [3.8, 4) is 5.75 Å². The number of likely N-dealkylation sites (tertiary alicyclic amines) is 1. The van der Waals surface area contributed by atoms with E-state index in [9.17, 15) is 4.79 Å². The molecular formula is C21H26N4O2. The van der Waals surface area contributed by atoms with E-state index in [0.717, 1.165) is 43.7 Å². The monoisotopic (exact) mass is 366 g/mol. The van der Waals surface area contributed by atoms with Gasteiger partial charge < -0.3 is 14.2 Å². The summed E-state index contributed by atoms with van der Waals surface area (Å²) in [7, 11) is 3.64. The lowest BCUT2D eigenvalue weighted by Gasteiger charge is -2.32. The number of hydrogen-bond donors (Lipinski definition) is 0. The summed E-state index contributed by atoms with van der Waals surface area (Å²) in [6.45, 7) is 1.65. The van der Waals surface area contributed by atoms with Gasteiger partial charge in [0.1, 0.15) is 17.0 Å². The molecule has 0 saturated carbocycles. The molecule has 6 heteroatoms. The van der Waals surface area contributed by atoms with Gasteiger partial charge in [0.25, 0.3) is 5.91 Å². The molecule has 1 unspecified atom stereocenters. The summed E-state index contributed by atoms with van der Waals surface area (Å²) in [5.74, 6) is 1.53. The summed E-state index contributed by atoms with van der Waals surface area (Å²) < 4.78 is 9.02. The quantitative estimate of drug-likeness (QED) is 0.697. The summed E-state index contributed by atoms with van der Waals surface area (Å²) >= 11 is 0. The van der Waals surface area contributed by atoms with Gasteiger partial charge >= 0.3 is 0 Å². The molecule has 3 aromatic rings. The average molecular weight is 366 g/mol. The number of aryl methyl sites for hydroxylation is 2. The molecule has 0 bridgehead atoms. The van der Waals surface area contributed by atoms with Crippen LogP contribution < -0.4 is 4.74 Å². The van der Waals surface area contributed by atoms with Crippen LogP contribution in [-0.4, -0.2) is 45.2 Å². The molecule has 1 atom stereocenters. The highest BCUT2D eigenvalue weighted by Gasteiger charge is 2.27. The van der Waals surface area contributed by atoms with Crippen LogP contribution in [0.4, 0.5) is 0 Å². The molecule has 4 rings (SSSR count). The number of amides is 1. The highest BCUT2D eigenvalue weighted by atomic mass is 16.5. The number of imidazole rings is 1. The molecule has 0 aliphatic carbocycles. The van der Waals surface area contributed by atoms with Crippen molar-refractivity contribution in [2.75, 3.05) is 20.2 Å². The molecule has 6 nitrogen and oxygen atoms in total. The van der Waals surface area contributed by atoms with Crippen LogP contribution in [0.3, 0.4) is 0 Å². The maximum Gasteiger partial charge on any atom is 0.259 e. The summed E-state index contributed by atoms with van der Waals surface area (Å²) in [6, 6.07) is 8.26. The Balaban J connectivity index is 1.41. The second-order valence-corrected chi connectivity index (χ2v) is 7.39. The van der Waals surface area contributed by atoms with Crippen LogP contribution >= 0.6 is 0 Å². The van der Waals surface area contributed by atoms with Gasteiger partial charge in [-0.25, -0.2) is 4.52 Å². The fourth-order valence-electron chi connectivity index (χ4n) is 4.06. The first-order valence-electron chi connectivity index (χ1n) is 9.56. The zero-order valence-electron chi connectivity index (χ0n) is 16.0. The molecule has 27 heavy (non-hydrogen) atoms. The number of benzene rings is 1. The minimum absolute atomic E-state index is 0.0953. The molecule has 0 N–H and O–H groups in total. The van der Waals surface area contributed by atoms with Gasteiger partial charge in [-0.1, -0.05) is 12.1 Å². The minimum atomic E-state index is 0.0953. The fourth-order valence-corrected chi connectivity index (χ4v) is 4.06. The molecule has 1 fully saturated rings. The van der Waals surface area contributed by atoms with Crippen LogP contribution in [0.15, 0.2) is 42.9 Å². The number of ether oxygens (including phenoxy) is 1. The minimum Gasteiger partial charge on any atom is -0.497 e. The maximum atomic E-state index is 13.1. The number of nitrogens with zero attached hydrogens (tertiary/aromatic N) is 4. The Bertz CT molecular complexity index is 943. The van der Waals surface area contributed by atoms with Gasteiger partial charge in [0.2, 0.25) is 0 Å². The molecule has 0 spiro atoms. The Hall–Kier alpha value is -2.76. The van der Waals surface area contributed by atoms with E-state index in [2.05, 4.69) is 17.2 Å². The van der Waals surface area contributed by atoms with Crippen molar-refractivity contribution in [1.82, 2.24) is 19.1 Å². The van der Waals surface area contributed by atoms with Crippen molar-refractivity contribution in [3.05, 3.63) is 54.0 Å². The third kappa shape index (κ3) is 3.56. The molecule has 1 aromatic carbocycles. The van der Waals surface area contributed by atoms with Crippen LogP contribution in [0.2, 0.25) is 0 Å². The maximum absolute atomic E-state index is 13.1. The lowest BCUT2D eigenvalue weighted by molar-refractivity contribution is 0.0670. The summed E-state index contributed by atoms with van der Waals surface area (Å²) in [5.41, 5.74) is 2.84. The second-order valence-electron chi connectivity index (χ2n) is 7.39. The number of aromatic nitrogens is 3. The fraction of sp³-hybridized carbons (Fsp3) is 0.429. The third-order valence-corrected chi connectivity index (χ3v) is 5.55. The third-order valence-electron chi connectivity index (χ3n) is 5.55. The summed E-state index contributed by atoms with van der Waals surface area (Å²) in [6.07, 6.45) is 9.83. The number of rotatable bonds is 5. The number of carbonyl (C=O) groups is 1. The van der Waals surface area contributed by atoms with Gasteiger partial charge in [-0.05, 0) is 49.3 Å². The topological polar surface area (TPSA) is 51.8 Å². The van der Waals surface area contributed by atoms with Crippen molar-refractivity contribution >= 4 is 11.6 Å². The zero-order chi connectivity index (χ0) is 18.8. The van der Waals surface area contributed by atoms with Crippen molar-refractivity contribution in [1.29, 1.82) is 0 Å². The SMILES string of the molecule is COc1cccc(CCC2CCCN(C(=O)c3cnn4ccn(C)c34)C2)c1. The molecule has 0 radical (unpaired) electrons. The van der Waals surface area contributed by atoms with Crippen molar-refractivity contribution in [2.45, 2.75) is 25.7 Å². The van der Waals surface area contributed by atoms with Gasteiger partial charge in [0.05, 0.1) is 13.3 Å². The van der Waals surface area contributed by atoms with Gasteiger partial charge in [-0.15, -0.1) is 0 Å². The van der Waals surface area contributed by atoms with E-state index in [1.165, 1.54) is 12.0 Å². The molecule has 3 heterocycles. The first kappa shape index (κ1) is 17.6. The second kappa shape index (κ2) is 7.47. The van der Waals surface area contributed by atoms with Crippen molar-refractivity contribution < 1.29 is 9.53 Å². The predicted octanol–water partition coefficient (Wildman–Crippen LogP) is 3.17. The van der Waals surface area contributed by atoms with E-state index in [4.69, 9.17) is 4.74 Å². The standard InChI is InChI=1S/C21H26N4O2/c1-23-11-12-25-20(23)19(14-22-25)21(26)24-10-4-6-17(15-24)9-8-16-5-3-7-18(13-16)27-2/h3,5,7,11-14,17H,4,6,8-10,15H2,1-2H3. The Labute approximate surface area is 159 Å². The molecule has 1 saturated heterocycles. The Morgan fingerprint density at radius 3 is 3.07 bits per heavy atom. The Morgan fingerprint density at radius 2 is 2.22 bits per heavy atom. The van der Waals surface area contributed by atoms with E-state index < -0.39 is 0 Å². The van der Waals surface area contributed by atoms with Crippen LogP contribution in [0.1, 0.15) is 35.2 Å². The van der Waals surface area contributed by atoms with Crippen molar-refractivity contribution in [3.63, 3.8) is 0 Å². The number of carbonyl (C=O) groups excluding carboxylic acids is 1. The highest BCUT2D eigenvalue weighted by molar-refractivity contribution is 5.99. The largest absolute Gasteiger partial charge is 0.497 e. The smallest absolute Gasteiger partial charge is 0.259 e. The summed E-state index contributed by atoms with van der Waals surface area (Å²) in [5, 5.41) is 4.30. The van der Waals surface area contributed by atoms with Gasteiger partial charge in [-0.2, -0.15) is 5.10 Å². The molecular weight excluding hydrogens is 340 g/mol. The van der Waals surface area contributed by atoms with Crippen LogP contribution in [0.25, 0.3) is 5.65 Å². The van der Waals surface area contributed by atoms with Crippen LogP contribution in [0.5, 0.6) is 5.75 Å². The van der Waals surface area contributed by atoms with Crippen molar-refractivity contribution in [2.24, 2.45) is 13.0 Å². The molecule has 1 aliphatic heterocycles. The number of piperidine rings is 1. The number of hydrogen-bond acceptors (Lipinski definition) is 3. The Kier molecular flexibility index (Phi) is 4.88. The van der Waals surface area contributed by atoms with E-state index in [1.54, 1.807) is 17.8 Å². The van der Waals surface area contributed by atoms with E-state index >= 15 is 0 Å². The van der Waals surface area contributed by atoms with Gasteiger partial charge in [0.15, 0.2) is 0 Å². The number of methoxy groups -OCH3 is 1. The normalized spacial score (nSPS) is 17.4. The molecule has 2 aromatic heterocycles.